The van der Waals surface area contributed by atoms with Crippen molar-refractivity contribution < 1.29 is 4.39 Å². The lowest BCUT2D eigenvalue weighted by atomic mass is 9.79. The summed E-state index contributed by atoms with van der Waals surface area (Å²) in [5.41, 5.74) is 1.10. The van der Waals surface area contributed by atoms with Crippen LogP contribution in [0.2, 0.25) is 0 Å². The van der Waals surface area contributed by atoms with Gasteiger partial charge in [-0.1, -0.05) is 12.1 Å². The summed E-state index contributed by atoms with van der Waals surface area (Å²) in [4.78, 5) is 2.48. The molecule has 0 atom stereocenters. The van der Waals surface area contributed by atoms with Crippen molar-refractivity contribution in [3.63, 3.8) is 0 Å². The number of halogens is 1. The van der Waals surface area contributed by atoms with Crippen LogP contribution >= 0.6 is 0 Å². The summed E-state index contributed by atoms with van der Waals surface area (Å²) in [7, 11) is 0. The first kappa shape index (κ1) is 14.0. The molecule has 2 fully saturated rings. The van der Waals surface area contributed by atoms with Crippen LogP contribution in [0.3, 0.4) is 0 Å². The van der Waals surface area contributed by atoms with Crippen LogP contribution in [0, 0.1) is 17.7 Å². The summed E-state index contributed by atoms with van der Waals surface area (Å²) in [5.74, 6) is 1.74. The first-order valence-corrected chi connectivity index (χ1v) is 7.99. The molecule has 3 heteroatoms. The van der Waals surface area contributed by atoms with Crippen LogP contribution in [0.1, 0.15) is 31.2 Å². The maximum Gasteiger partial charge on any atom is 0.123 e. The molecule has 2 saturated heterocycles. The molecule has 0 bridgehead atoms. The van der Waals surface area contributed by atoms with E-state index >= 15 is 0 Å². The summed E-state index contributed by atoms with van der Waals surface area (Å²) < 4.78 is 13.2. The molecule has 1 aromatic rings. The summed E-state index contributed by atoms with van der Waals surface area (Å²) in [6, 6.07) is 7.03. The highest BCUT2D eigenvalue weighted by molar-refractivity contribution is 5.16. The van der Waals surface area contributed by atoms with Gasteiger partial charge < -0.3 is 5.32 Å². The van der Waals surface area contributed by atoms with E-state index in [-0.39, 0.29) is 5.82 Å². The zero-order valence-corrected chi connectivity index (χ0v) is 12.2. The molecule has 0 saturated carbocycles. The van der Waals surface area contributed by atoms with Gasteiger partial charge in [-0.3, -0.25) is 4.90 Å². The monoisotopic (exact) mass is 276 g/mol. The predicted molar refractivity (Wildman–Crippen MR) is 80.0 cm³/mol. The topological polar surface area (TPSA) is 15.3 Å². The molecule has 1 N–H and O–H groups in total. The van der Waals surface area contributed by atoms with Crippen molar-refractivity contribution in [3.8, 4) is 0 Å². The molecule has 1 aromatic carbocycles. The Hall–Kier alpha value is -0.930. The van der Waals surface area contributed by atoms with Crippen LogP contribution in [-0.4, -0.2) is 31.1 Å². The summed E-state index contributed by atoms with van der Waals surface area (Å²) in [6.45, 7) is 5.65. The van der Waals surface area contributed by atoms with Crippen molar-refractivity contribution >= 4 is 0 Å². The van der Waals surface area contributed by atoms with Gasteiger partial charge in [0.1, 0.15) is 5.82 Å². The third-order valence-corrected chi connectivity index (χ3v) is 4.98. The van der Waals surface area contributed by atoms with Crippen LogP contribution in [0.4, 0.5) is 4.39 Å². The Balaban J connectivity index is 1.48. The maximum atomic E-state index is 13.2. The van der Waals surface area contributed by atoms with Gasteiger partial charge in [0, 0.05) is 6.54 Å². The number of nitrogens with zero attached hydrogens (tertiary/aromatic N) is 1. The average molecular weight is 276 g/mol. The van der Waals surface area contributed by atoms with Gasteiger partial charge in [-0.2, -0.15) is 0 Å². The summed E-state index contributed by atoms with van der Waals surface area (Å²) in [6.07, 6.45) is 5.35. The molecule has 110 valence electrons. The second-order valence-electron chi connectivity index (χ2n) is 6.33. The van der Waals surface area contributed by atoms with Crippen molar-refractivity contribution in [1.82, 2.24) is 10.2 Å². The zero-order chi connectivity index (χ0) is 13.8. The number of nitrogens with one attached hydrogen (secondary N) is 1. The highest BCUT2D eigenvalue weighted by atomic mass is 19.1. The Kier molecular flexibility index (Phi) is 4.69. The summed E-state index contributed by atoms with van der Waals surface area (Å²) in [5, 5.41) is 3.45. The van der Waals surface area contributed by atoms with Crippen molar-refractivity contribution in [2.75, 3.05) is 26.2 Å². The van der Waals surface area contributed by atoms with Crippen LogP contribution in [0.25, 0.3) is 0 Å². The Morgan fingerprint density at radius 2 is 1.75 bits per heavy atom. The second kappa shape index (κ2) is 6.68. The normalized spacial score (nSPS) is 23.1. The molecule has 0 amide bonds. The average Bonchev–Trinajstić information content (AvgIpc) is 2.49. The first-order chi connectivity index (χ1) is 9.81. The van der Waals surface area contributed by atoms with Crippen molar-refractivity contribution in [2.24, 2.45) is 11.8 Å². The molecule has 0 aromatic heterocycles. The minimum Gasteiger partial charge on any atom is -0.317 e. The van der Waals surface area contributed by atoms with Gasteiger partial charge >= 0.3 is 0 Å². The molecule has 3 rings (SSSR count). The minimum absolute atomic E-state index is 0.118. The van der Waals surface area contributed by atoms with Gasteiger partial charge in [0.15, 0.2) is 0 Å². The van der Waals surface area contributed by atoms with Gasteiger partial charge in [-0.15, -0.1) is 0 Å². The highest BCUT2D eigenvalue weighted by Gasteiger charge is 2.27. The quantitative estimate of drug-likeness (QED) is 0.913. The Morgan fingerprint density at radius 3 is 2.45 bits per heavy atom. The zero-order valence-electron chi connectivity index (χ0n) is 12.2. The molecule has 2 aliphatic rings. The molecule has 20 heavy (non-hydrogen) atoms. The van der Waals surface area contributed by atoms with Crippen LogP contribution in [0.5, 0.6) is 0 Å². The van der Waals surface area contributed by atoms with Crippen LogP contribution in [-0.2, 0) is 6.54 Å². The lowest BCUT2D eigenvalue weighted by Gasteiger charge is -2.37. The van der Waals surface area contributed by atoms with E-state index in [1.54, 1.807) is 6.07 Å². The third-order valence-electron chi connectivity index (χ3n) is 4.98. The summed E-state index contributed by atoms with van der Waals surface area (Å²) >= 11 is 0. The largest absolute Gasteiger partial charge is 0.317 e. The van der Waals surface area contributed by atoms with E-state index in [1.807, 2.05) is 12.1 Å². The molecule has 0 unspecified atom stereocenters. The minimum atomic E-state index is -0.118. The van der Waals surface area contributed by atoms with E-state index in [2.05, 4.69) is 10.2 Å². The number of hydrogen-bond donors (Lipinski definition) is 1. The molecular weight excluding hydrogens is 251 g/mol. The number of rotatable bonds is 3. The number of piperidine rings is 2. The van der Waals surface area contributed by atoms with E-state index in [0.29, 0.717) is 0 Å². The highest BCUT2D eigenvalue weighted by Crippen LogP contribution is 2.31. The van der Waals surface area contributed by atoms with E-state index in [1.165, 1.54) is 57.9 Å². The van der Waals surface area contributed by atoms with Gasteiger partial charge in [0.2, 0.25) is 0 Å². The molecule has 2 nitrogen and oxygen atoms in total. The van der Waals surface area contributed by atoms with Crippen LogP contribution in [0.15, 0.2) is 24.3 Å². The smallest absolute Gasteiger partial charge is 0.123 e. The van der Waals surface area contributed by atoms with Crippen LogP contribution < -0.4 is 5.32 Å². The van der Waals surface area contributed by atoms with Crippen molar-refractivity contribution in [1.29, 1.82) is 0 Å². The van der Waals surface area contributed by atoms with Crippen molar-refractivity contribution in [2.45, 2.75) is 32.2 Å². The van der Waals surface area contributed by atoms with Gasteiger partial charge in [0.05, 0.1) is 0 Å². The van der Waals surface area contributed by atoms with Gasteiger partial charge in [0.25, 0.3) is 0 Å². The third kappa shape index (κ3) is 3.58. The fourth-order valence-electron chi connectivity index (χ4n) is 3.79. The maximum absolute atomic E-state index is 13.2. The predicted octanol–water partition coefficient (Wildman–Crippen LogP) is 3.04. The fourth-order valence-corrected chi connectivity index (χ4v) is 3.79. The van der Waals surface area contributed by atoms with Crippen molar-refractivity contribution in [3.05, 3.63) is 35.6 Å². The Bertz CT molecular complexity index is 421. The van der Waals surface area contributed by atoms with E-state index in [4.69, 9.17) is 0 Å². The van der Waals surface area contributed by atoms with Gasteiger partial charge in [-0.25, -0.2) is 4.39 Å². The molecule has 2 heterocycles. The number of hydrogen-bond acceptors (Lipinski definition) is 2. The van der Waals surface area contributed by atoms with E-state index < -0.39 is 0 Å². The first-order valence-electron chi connectivity index (χ1n) is 7.99. The second-order valence-corrected chi connectivity index (χ2v) is 6.33. The molecule has 0 spiro atoms. The Labute approximate surface area is 121 Å². The SMILES string of the molecule is Fc1cccc(CN2CCC(C3CCNCC3)CC2)c1. The van der Waals surface area contributed by atoms with Gasteiger partial charge in [-0.05, 0) is 81.4 Å². The Morgan fingerprint density at radius 1 is 1.05 bits per heavy atom. The molecule has 0 radical (unpaired) electrons. The number of benzene rings is 1. The fraction of sp³-hybridized carbons (Fsp3) is 0.647. The molecule has 2 aliphatic heterocycles. The number of likely N-dealkylation sites (tertiary alicyclic amines) is 1. The lowest BCUT2D eigenvalue weighted by Crippen LogP contribution is -2.39. The molecule has 0 aliphatic carbocycles. The van der Waals surface area contributed by atoms with E-state index in [9.17, 15) is 4.39 Å². The van der Waals surface area contributed by atoms with E-state index in [0.717, 1.165) is 23.9 Å². The molecular formula is C17H25FN2. The lowest BCUT2D eigenvalue weighted by molar-refractivity contribution is 0.126. The standard InChI is InChI=1S/C17H25FN2/c18-17-3-1-2-14(12-17)13-20-10-6-16(7-11-20)15-4-8-19-9-5-15/h1-3,12,15-16,19H,4-11,13H2.